The maximum Gasteiger partial charge on any atom is 0.337 e. The molecular weight excluding hydrogens is 356 g/mol. The summed E-state index contributed by atoms with van der Waals surface area (Å²) in [6, 6.07) is 20.1. The highest BCUT2D eigenvalue weighted by Crippen LogP contribution is 2.36. The molecule has 0 fully saturated rings. The van der Waals surface area contributed by atoms with Crippen LogP contribution in [0.4, 0.5) is 0 Å². The summed E-state index contributed by atoms with van der Waals surface area (Å²) in [7, 11) is 0. The van der Waals surface area contributed by atoms with E-state index in [2.05, 4.69) is 0 Å². The molecule has 140 valence electrons. The summed E-state index contributed by atoms with van der Waals surface area (Å²) < 4.78 is 2.00. The molecule has 0 saturated heterocycles. The molecule has 3 aromatic carbocycles. The van der Waals surface area contributed by atoms with E-state index in [9.17, 15) is 19.8 Å². The van der Waals surface area contributed by atoms with Crippen LogP contribution >= 0.6 is 0 Å². The van der Waals surface area contributed by atoms with Gasteiger partial charge in [-0.15, -0.1) is 0 Å². The highest BCUT2D eigenvalue weighted by atomic mass is 16.4. The Kier molecular flexibility index (Phi) is 4.33. The van der Waals surface area contributed by atoms with Crippen LogP contribution in [0.3, 0.4) is 0 Å². The van der Waals surface area contributed by atoms with Crippen molar-refractivity contribution in [1.82, 2.24) is 4.57 Å². The van der Waals surface area contributed by atoms with E-state index in [1.165, 1.54) is 0 Å². The van der Waals surface area contributed by atoms with Gasteiger partial charge in [-0.2, -0.15) is 0 Å². The molecule has 1 unspecified atom stereocenters. The first-order valence-electron chi connectivity index (χ1n) is 8.77. The number of nitrogens with zero attached hydrogens (tertiary/aromatic N) is 1. The Labute approximate surface area is 160 Å². The number of aromatic nitrogens is 1. The third-order valence-electron chi connectivity index (χ3n) is 4.93. The number of nitrogens with two attached hydrogens (primary N) is 1. The van der Waals surface area contributed by atoms with Gasteiger partial charge in [-0.05, 0) is 23.8 Å². The molecule has 1 aromatic heterocycles. The fourth-order valence-electron chi connectivity index (χ4n) is 3.71. The second kappa shape index (κ2) is 6.83. The molecule has 4 aromatic rings. The third kappa shape index (κ3) is 2.80. The van der Waals surface area contributed by atoms with Crippen molar-refractivity contribution in [3.8, 4) is 0 Å². The van der Waals surface area contributed by atoms with E-state index in [-0.39, 0.29) is 5.56 Å². The van der Waals surface area contributed by atoms with Crippen LogP contribution < -0.4 is 5.73 Å². The van der Waals surface area contributed by atoms with E-state index < -0.39 is 18.0 Å². The summed E-state index contributed by atoms with van der Waals surface area (Å²) in [5, 5.41) is 20.7. The summed E-state index contributed by atoms with van der Waals surface area (Å²) >= 11 is 0. The minimum Gasteiger partial charge on any atom is -0.479 e. The summed E-state index contributed by atoms with van der Waals surface area (Å²) in [6.45, 7) is 0.523. The van der Waals surface area contributed by atoms with Crippen LogP contribution in [0.2, 0.25) is 0 Å². The summed E-state index contributed by atoms with van der Waals surface area (Å²) in [5.74, 6) is -1.96. The van der Waals surface area contributed by atoms with Crippen LogP contribution in [0.1, 0.15) is 27.6 Å². The van der Waals surface area contributed by atoms with E-state index in [0.717, 1.165) is 16.6 Å². The van der Waals surface area contributed by atoms with Crippen molar-refractivity contribution in [2.24, 2.45) is 5.73 Å². The molecule has 6 nitrogen and oxygen atoms in total. The van der Waals surface area contributed by atoms with Gasteiger partial charge in [0.2, 0.25) is 5.91 Å². The number of carboxylic acids is 1. The number of aliphatic hydroxyl groups excluding tert-OH is 1. The van der Waals surface area contributed by atoms with E-state index in [1.54, 1.807) is 24.3 Å². The van der Waals surface area contributed by atoms with Gasteiger partial charge < -0.3 is 20.5 Å². The number of hydrogen-bond acceptors (Lipinski definition) is 3. The van der Waals surface area contributed by atoms with Crippen molar-refractivity contribution in [2.45, 2.75) is 12.6 Å². The van der Waals surface area contributed by atoms with Gasteiger partial charge in [0.15, 0.2) is 6.10 Å². The Hall–Kier alpha value is -3.64. The van der Waals surface area contributed by atoms with Crippen molar-refractivity contribution in [1.29, 1.82) is 0 Å². The fraction of sp³-hybridized carbons (Fsp3) is 0.0909. The molecule has 0 saturated carbocycles. The first-order chi connectivity index (χ1) is 13.5. The Balaban J connectivity index is 2.12. The predicted octanol–water partition coefficient (Wildman–Crippen LogP) is 3.06. The number of rotatable bonds is 5. The molecule has 1 amide bonds. The Morgan fingerprint density at radius 3 is 2.18 bits per heavy atom. The number of aliphatic carboxylic acids is 1. The van der Waals surface area contributed by atoms with Crippen LogP contribution in [0.15, 0.2) is 66.7 Å². The normalized spacial score (nSPS) is 12.3. The van der Waals surface area contributed by atoms with Gasteiger partial charge in [0.25, 0.3) is 0 Å². The number of benzene rings is 3. The number of aliphatic hydroxyl groups is 1. The lowest BCUT2D eigenvalue weighted by Crippen LogP contribution is -2.12. The number of hydrogen-bond donors (Lipinski definition) is 3. The molecule has 0 spiro atoms. The lowest BCUT2D eigenvalue weighted by molar-refractivity contribution is -0.146. The van der Waals surface area contributed by atoms with Gasteiger partial charge >= 0.3 is 5.97 Å². The molecule has 0 bridgehead atoms. The monoisotopic (exact) mass is 374 g/mol. The zero-order valence-electron chi connectivity index (χ0n) is 14.9. The SMILES string of the molecule is NC(=O)c1cccc2c1c1c(C(O)C(=O)O)cccc1n2Cc1ccccc1. The largest absolute Gasteiger partial charge is 0.479 e. The van der Waals surface area contributed by atoms with Gasteiger partial charge in [0, 0.05) is 34.0 Å². The zero-order valence-corrected chi connectivity index (χ0v) is 14.9. The maximum atomic E-state index is 12.1. The van der Waals surface area contributed by atoms with E-state index in [1.807, 2.05) is 47.0 Å². The standard InChI is InChI=1S/C22H18N2O4/c23-21(26)15-9-5-11-17-19(15)18-14(20(25)22(27)28)8-4-10-16(18)24(17)12-13-6-2-1-3-7-13/h1-11,20,25H,12H2,(H2,23,26)(H,27,28). The highest BCUT2D eigenvalue weighted by molar-refractivity contribution is 6.19. The van der Waals surface area contributed by atoms with Crippen molar-refractivity contribution in [2.75, 3.05) is 0 Å². The second-order valence-electron chi connectivity index (χ2n) is 6.62. The first-order valence-corrected chi connectivity index (χ1v) is 8.77. The highest BCUT2D eigenvalue weighted by Gasteiger charge is 2.24. The number of carbonyl (C=O) groups excluding carboxylic acids is 1. The van der Waals surface area contributed by atoms with Crippen LogP contribution in [-0.2, 0) is 11.3 Å². The van der Waals surface area contributed by atoms with Crippen molar-refractivity contribution in [3.05, 3.63) is 83.4 Å². The summed E-state index contributed by atoms with van der Waals surface area (Å²) in [5.41, 5.74) is 8.64. The molecule has 28 heavy (non-hydrogen) atoms. The van der Waals surface area contributed by atoms with Crippen LogP contribution in [-0.4, -0.2) is 26.7 Å². The van der Waals surface area contributed by atoms with Crippen molar-refractivity contribution in [3.63, 3.8) is 0 Å². The number of carboxylic acid groups (broad SMARTS) is 1. The number of fused-ring (bicyclic) bond motifs is 3. The third-order valence-corrected chi connectivity index (χ3v) is 4.93. The lowest BCUT2D eigenvalue weighted by atomic mass is 9.99. The van der Waals surface area contributed by atoms with Gasteiger partial charge in [-0.25, -0.2) is 4.79 Å². The van der Waals surface area contributed by atoms with Crippen LogP contribution in [0, 0.1) is 0 Å². The molecule has 4 rings (SSSR count). The molecule has 1 heterocycles. The number of primary amides is 1. The second-order valence-corrected chi connectivity index (χ2v) is 6.62. The van der Waals surface area contributed by atoms with Gasteiger partial charge in [-0.3, -0.25) is 4.79 Å². The minimum absolute atomic E-state index is 0.232. The average Bonchev–Trinajstić information content (AvgIpc) is 3.02. The fourth-order valence-corrected chi connectivity index (χ4v) is 3.71. The van der Waals surface area contributed by atoms with Gasteiger partial charge in [-0.1, -0.05) is 48.5 Å². The summed E-state index contributed by atoms with van der Waals surface area (Å²) in [4.78, 5) is 23.5. The van der Waals surface area contributed by atoms with E-state index in [4.69, 9.17) is 5.73 Å². The summed E-state index contributed by atoms with van der Waals surface area (Å²) in [6.07, 6.45) is -1.71. The topological polar surface area (TPSA) is 106 Å². The van der Waals surface area contributed by atoms with E-state index in [0.29, 0.717) is 22.9 Å². The van der Waals surface area contributed by atoms with Crippen molar-refractivity contribution < 1.29 is 19.8 Å². The van der Waals surface area contributed by atoms with E-state index >= 15 is 0 Å². The molecular formula is C22H18N2O4. The van der Waals surface area contributed by atoms with Crippen molar-refractivity contribution >= 4 is 33.7 Å². The predicted molar refractivity (Wildman–Crippen MR) is 106 cm³/mol. The first kappa shape index (κ1) is 17.8. The smallest absolute Gasteiger partial charge is 0.337 e. The molecule has 6 heteroatoms. The minimum atomic E-state index is -1.71. The molecule has 1 atom stereocenters. The van der Waals surface area contributed by atoms with Crippen LogP contribution in [0.5, 0.6) is 0 Å². The zero-order chi connectivity index (χ0) is 19.8. The Morgan fingerprint density at radius 2 is 1.54 bits per heavy atom. The molecule has 0 aliphatic rings. The Bertz CT molecular complexity index is 1210. The lowest BCUT2D eigenvalue weighted by Gasteiger charge is -2.10. The Morgan fingerprint density at radius 1 is 0.893 bits per heavy atom. The van der Waals surface area contributed by atoms with Gasteiger partial charge in [0.1, 0.15) is 0 Å². The number of amides is 1. The molecule has 0 aliphatic carbocycles. The molecule has 4 N–H and O–H groups in total. The van der Waals surface area contributed by atoms with Gasteiger partial charge in [0.05, 0.1) is 5.52 Å². The number of carbonyl (C=O) groups is 2. The van der Waals surface area contributed by atoms with Crippen LogP contribution in [0.25, 0.3) is 21.8 Å². The quantitative estimate of drug-likeness (QED) is 0.499. The molecule has 0 aliphatic heterocycles. The average molecular weight is 374 g/mol. The maximum absolute atomic E-state index is 12.1. The molecule has 0 radical (unpaired) electrons.